The van der Waals surface area contributed by atoms with Gasteiger partial charge in [-0.25, -0.2) is 0 Å². The molecular formula is C15H13N3O4. The largest absolute Gasteiger partial charge is 0.475 e. The van der Waals surface area contributed by atoms with E-state index in [2.05, 4.69) is 4.98 Å². The third kappa shape index (κ3) is 2.48. The van der Waals surface area contributed by atoms with Crippen LogP contribution < -0.4 is 9.64 Å². The molecular weight excluding hydrogens is 286 g/mol. The normalized spacial score (nSPS) is 16.9. The highest BCUT2D eigenvalue weighted by Gasteiger charge is 2.36. The van der Waals surface area contributed by atoms with Crippen molar-refractivity contribution in [3.05, 3.63) is 58.1 Å². The van der Waals surface area contributed by atoms with Gasteiger partial charge in [0.05, 0.1) is 6.54 Å². The minimum absolute atomic E-state index is 0.182. The van der Waals surface area contributed by atoms with E-state index < -0.39 is 11.0 Å². The van der Waals surface area contributed by atoms with Crippen LogP contribution in [0.1, 0.15) is 12.5 Å². The highest BCUT2D eigenvalue weighted by atomic mass is 16.6. The fourth-order valence-corrected chi connectivity index (χ4v) is 2.30. The molecule has 0 aliphatic carbocycles. The Bertz CT molecular complexity index is 733. The van der Waals surface area contributed by atoms with Crippen LogP contribution in [0.25, 0.3) is 0 Å². The second kappa shape index (κ2) is 5.44. The van der Waals surface area contributed by atoms with E-state index in [0.29, 0.717) is 5.75 Å². The van der Waals surface area contributed by atoms with Gasteiger partial charge in [-0.2, -0.15) is 0 Å². The van der Waals surface area contributed by atoms with Crippen LogP contribution in [-0.4, -0.2) is 21.9 Å². The molecule has 7 heteroatoms. The highest BCUT2D eigenvalue weighted by molar-refractivity contribution is 5.98. The van der Waals surface area contributed by atoms with Crippen molar-refractivity contribution in [2.75, 3.05) is 4.90 Å². The third-order valence-corrected chi connectivity index (χ3v) is 3.37. The summed E-state index contributed by atoms with van der Waals surface area (Å²) in [5.74, 6) is -0.0399. The molecule has 0 bridgehead atoms. The van der Waals surface area contributed by atoms with Crippen LogP contribution in [0.5, 0.6) is 5.75 Å². The number of aromatic nitrogens is 1. The lowest BCUT2D eigenvalue weighted by Gasteiger charge is -2.29. The van der Waals surface area contributed by atoms with Gasteiger partial charge >= 0.3 is 5.82 Å². The molecule has 7 nitrogen and oxygen atoms in total. The Morgan fingerprint density at radius 2 is 2.00 bits per heavy atom. The molecule has 1 amide bonds. The molecule has 0 N–H and O–H groups in total. The van der Waals surface area contributed by atoms with E-state index in [4.69, 9.17) is 4.74 Å². The van der Waals surface area contributed by atoms with Crippen molar-refractivity contribution in [1.29, 1.82) is 0 Å². The van der Waals surface area contributed by atoms with Gasteiger partial charge in [-0.1, -0.05) is 30.3 Å². The molecule has 112 valence electrons. The zero-order valence-electron chi connectivity index (χ0n) is 11.8. The monoisotopic (exact) mass is 299 g/mol. The van der Waals surface area contributed by atoms with Gasteiger partial charge in [0.2, 0.25) is 0 Å². The predicted octanol–water partition coefficient (Wildman–Crippen LogP) is 2.30. The van der Waals surface area contributed by atoms with E-state index >= 15 is 0 Å². The molecule has 0 fully saturated rings. The summed E-state index contributed by atoms with van der Waals surface area (Å²) in [6.07, 6.45) is -0.653. The Kier molecular flexibility index (Phi) is 3.46. The lowest BCUT2D eigenvalue weighted by atomic mass is 10.1. The van der Waals surface area contributed by atoms with Crippen molar-refractivity contribution in [1.82, 2.24) is 4.98 Å². The first-order valence-corrected chi connectivity index (χ1v) is 6.73. The number of pyridine rings is 1. The number of benzene rings is 1. The van der Waals surface area contributed by atoms with Crippen LogP contribution >= 0.6 is 0 Å². The molecule has 1 aliphatic rings. The van der Waals surface area contributed by atoms with Gasteiger partial charge in [0.25, 0.3) is 11.7 Å². The van der Waals surface area contributed by atoms with Crippen molar-refractivity contribution in [2.45, 2.75) is 19.6 Å². The second-order valence-corrected chi connectivity index (χ2v) is 4.92. The minimum Gasteiger partial charge on any atom is -0.475 e. The number of carbonyl (C=O) groups excluding carboxylic acids is 1. The van der Waals surface area contributed by atoms with Gasteiger partial charge in [0.1, 0.15) is 0 Å². The number of anilines is 1. The first-order valence-electron chi connectivity index (χ1n) is 6.73. The van der Waals surface area contributed by atoms with Gasteiger partial charge < -0.3 is 14.9 Å². The molecule has 0 spiro atoms. The smallest absolute Gasteiger partial charge is 0.366 e. The average Bonchev–Trinajstić information content (AvgIpc) is 2.52. The lowest BCUT2D eigenvalue weighted by molar-refractivity contribution is -0.389. The highest BCUT2D eigenvalue weighted by Crippen LogP contribution is 2.34. The first-order chi connectivity index (χ1) is 10.6. The van der Waals surface area contributed by atoms with Crippen molar-refractivity contribution in [3.63, 3.8) is 0 Å². The number of nitro groups is 1. The maximum atomic E-state index is 12.4. The molecule has 3 rings (SSSR count). The molecule has 2 heterocycles. The van der Waals surface area contributed by atoms with E-state index in [1.54, 1.807) is 6.92 Å². The summed E-state index contributed by atoms with van der Waals surface area (Å²) in [5.41, 5.74) is 0.907. The first kappa shape index (κ1) is 14.0. The number of hydrogen-bond donors (Lipinski definition) is 0. The number of amides is 1. The molecule has 0 radical (unpaired) electrons. The molecule has 1 aromatic heterocycles. The number of ether oxygens (including phenoxy) is 1. The van der Waals surface area contributed by atoms with E-state index in [9.17, 15) is 14.9 Å². The molecule has 1 aromatic carbocycles. The molecule has 0 saturated heterocycles. The molecule has 1 atom stereocenters. The van der Waals surface area contributed by atoms with Gasteiger partial charge in [-0.3, -0.25) is 9.69 Å². The van der Waals surface area contributed by atoms with E-state index in [0.717, 1.165) is 5.56 Å². The van der Waals surface area contributed by atoms with Crippen molar-refractivity contribution >= 4 is 17.5 Å². The standard InChI is InChI=1S/C15H13N3O4/c1-10-15(19)17(9-11-5-3-2-4-6-11)14-12(22-10)7-8-13(16-14)18(20)21/h2-8,10H,9H2,1H3. The van der Waals surface area contributed by atoms with Crippen molar-refractivity contribution < 1.29 is 14.5 Å². The van der Waals surface area contributed by atoms with Crippen LogP contribution in [0.4, 0.5) is 11.6 Å². The quantitative estimate of drug-likeness (QED) is 0.641. The number of rotatable bonds is 3. The summed E-state index contributed by atoms with van der Waals surface area (Å²) in [6.45, 7) is 1.93. The van der Waals surface area contributed by atoms with Crippen molar-refractivity contribution in [3.8, 4) is 5.75 Å². The number of fused-ring (bicyclic) bond motifs is 1. The molecule has 1 unspecified atom stereocenters. The fraction of sp³-hybridized carbons (Fsp3) is 0.200. The number of carbonyl (C=O) groups is 1. The number of hydrogen-bond acceptors (Lipinski definition) is 5. The predicted molar refractivity (Wildman–Crippen MR) is 78.6 cm³/mol. The SMILES string of the molecule is CC1Oc2ccc([N+](=O)[O-])nc2N(Cc2ccccc2)C1=O. The van der Waals surface area contributed by atoms with E-state index in [1.807, 2.05) is 30.3 Å². The topological polar surface area (TPSA) is 85.6 Å². The lowest BCUT2D eigenvalue weighted by Crippen LogP contribution is -2.44. The van der Waals surface area contributed by atoms with Crippen molar-refractivity contribution in [2.24, 2.45) is 0 Å². The maximum absolute atomic E-state index is 12.4. The average molecular weight is 299 g/mol. The Morgan fingerprint density at radius 1 is 1.27 bits per heavy atom. The Hall–Kier alpha value is -2.96. The Labute approximate surface area is 126 Å². The molecule has 0 saturated carbocycles. The van der Waals surface area contributed by atoms with Gasteiger partial charge in [0, 0.05) is 6.07 Å². The third-order valence-electron chi connectivity index (χ3n) is 3.37. The summed E-state index contributed by atoms with van der Waals surface area (Å²) >= 11 is 0. The fourth-order valence-electron chi connectivity index (χ4n) is 2.30. The molecule has 22 heavy (non-hydrogen) atoms. The molecule has 2 aromatic rings. The number of nitrogens with zero attached hydrogens (tertiary/aromatic N) is 3. The van der Waals surface area contributed by atoms with Gasteiger partial charge in [-0.15, -0.1) is 0 Å². The Morgan fingerprint density at radius 3 is 2.68 bits per heavy atom. The summed E-state index contributed by atoms with van der Waals surface area (Å²) in [5, 5.41) is 10.9. The van der Waals surface area contributed by atoms with Crippen LogP contribution in [0.2, 0.25) is 0 Å². The zero-order valence-corrected chi connectivity index (χ0v) is 11.8. The summed E-state index contributed by atoms with van der Waals surface area (Å²) < 4.78 is 5.47. The maximum Gasteiger partial charge on any atom is 0.366 e. The molecule has 1 aliphatic heterocycles. The summed E-state index contributed by atoms with van der Waals surface area (Å²) in [4.78, 5) is 28.0. The summed E-state index contributed by atoms with van der Waals surface area (Å²) in [6, 6.07) is 12.1. The zero-order chi connectivity index (χ0) is 15.7. The van der Waals surface area contributed by atoms with E-state index in [-0.39, 0.29) is 24.1 Å². The minimum atomic E-state index is -0.653. The van der Waals surface area contributed by atoms with Gasteiger partial charge in [0.15, 0.2) is 11.9 Å². The summed E-state index contributed by atoms with van der Waals surface area (Å²) in [7, 11) is 0. The second-order valence-electron chi connectivity index (χ2n) is 4.92. The van der Waals surface area contributed by atoms with Gasteiger partial charge in [-0.05, 0) is 28.5 Å². The van der Waals surface area contributed by atoms with Crippen LogP contribution in [0.15, 0.2) is 42.5 Å². The Balaban J connectivity index is 2.03. The van der Waals surface area contributed by atoms with Crippen LogP contribution in [0.3, 0.4) is 0 Å². The van der Waals surface area contributed by atoms with E-state index in [1.165, 1.54) is 17.0 Å². The van der Waals surface area contributed by atoms with Crippen LogP contribution in [-0.2, 0) is 11.3 Å². The van der Waals surface area contributed by atoms with Crippen LogP contribution in [0, 0.1) is 10.1 Å².